The Morgan fingerprint density at radius 1 is 1.12 bits per heavy atom. The summed E-state index contributed by atoms with van der Waals surface area (Å²) in [5.74, 6) is -0.216. The van der Waals surface area contributed by atoms with Crippen molar-refractivity contribution in [1.82, 2.24) is 25.1 Å². The van der Waals surface area contributed by atoms with Crippen LogP contribution in [0.3, 0.4) is 0 Å². The molecular formula is C26H35N5O3. The summed E-state index contributed by atoms with van der Waals surface area (Å²) in [6, 6.07) is 10.7. The first kappa shape index (κ1) is 24.3. The molecule has 2 aromatic rings. The number of ether oxygens (including phenoxy) is 1. The van der Waals surface area contributed by atoms with E-state index >= 15 is 0 Å². The summed E-state index contributed by atoms with van der Waals surface area (Å²) in [7, 11) is 0. The Labute approximate surface area is 201 Å². The molecule has 1 aromatic heterocycles. The van der Waals surface area contributed by atoms with Crippen LogP contribution in [0.15, 0.2) is 42.7 Å². The minimum Gasteiger partial charge on any atom is -0.376 e. The normalized spacial score (nSPS) is 19.1. The quantitative estimate of drug-likeness (QED) is 0.613. The van der Waals surface area contributed by atoms with Gasteiger partial charge in [-0.15, -0.1) is 0 Å². The van der Waals surface area contributed by atoms with Gasteiger partial charge in [-0.3, -0.25) is 19.5 Å². The second-order valence-electron chi connectivity index (χ2n) is 9.28. The molecule has 8 nitrogen and oxygen atoms in total. The van der Waals surface area contributed by atoms with Crippen LogP contribution >= 0.6 is 0 Å². The largest absolute Gasteiger partial charge is 0.376 e. The third-order valence-corrected chi connectivity index (χ3v) is 6.55. The number of hydrogen-bond donors (Lipinski definition) is 1. The average Bonchev–Trinajstić information content (AvgIpc) is 3.37. The van der Waals surface area contributed by atoms with Crippen molar-refractivity contribution in [2.45, 2.75) is 57.7 Å². The lowest BCUT2D eigenvalue weighted by Crippen LogP contribution is -2.45. The molecule has 2 aliphatic rings. The minimum absolute atomic E-state index is 0.0124. The molecule has 0 spiro atoms. The summed E-state index contributed by atoms with van der Waals surface area (Å²) < 4.78 is 5.73. The van der Waals surface area contributed by atoms with Crippen LogP contribution in [-0.4, -0.2) is 76.5 Å². The monoisotopic (exact) mass is 465 g/mol. The Balaban J connectivity index is 1.25. The van der Waals surface area contributed by atoms with E-state index in [9.17, 15) is 9.59 Å². The molecule has 1 unspecified atom stereocenters. The number of piperidine rings is 1. The Morgan fingerprint density at radius 3 is 2.59 bits per heavy atom. The summed E-state index contributed by atoms with van der Waals surface area (Å²) in [6.07, 6.45) is 7.18. The predicted molar refractivity (Wildman–Crippen MR) is 129 cm³/mol. The standard InChI is InChI=1S/C26H35N5O3/c1-20-16-28-24(17-27-20)26(33)31(19-23-8-5-15-34-23)14-11-25(32)29-22-9-12-30(13-10-22)18-21-6-3-2-4-7-21/h2-4,6-7,16-17,22-23H,5,8-15,18-19H2,1H3,(H,29,32). The number of benzene rings is 1. The highest BCUT2D eigenvalue weighted by Gasteiger charge is 2.26. The van der Waals surface area contributed by atoms with E-state index in [0.29, 0.717) is 18.8 Å². The van der Waals surface area contributed by atoms with Crippen molar-refractivity contribution in [3.05, 3.63) is 59.7 Å². The number of aryl methyl sites for hydroxylation is 1. The minimum atomic E-state index is -0.204. The fourth-order valence-electron chi connectivity index (χ4n) is 4.59. The van der Waals surface area contributed by atoms with Gasteiger partial charge >= 0.3 is 0 Å². The molecular weight excluding hydrogens is 430 g/mol. The first-order chi connectivity index (χ1) is 16.6. The van der Waals surface area contributed by atoms with Crippen LogP contribution in [0.25, 0.3) is 0 Å². The number of nitrogens with zero attached hydrogens (tertiary/aromatic N) is 4. The van der Waals surface area contributed by atoms with Gasteiger partial charge in [0.05, 0.1) is 18.0 Å². The zero-order valence-electron chi connectivity index (χ0n) is 20.0. The second-order valence-corrected chi connectivity index (χ2v) is 9.28. The molecule has 0 aliphatic carbocycles. The van der Waals surface area contributed by atoms with Crippen LogP contribution < -0.4 is 5.32 Å². The lowest BCUT2D eigenvalue weighted by Gasteiger charge is -2.32. The molecule has 1 aromatic carbocycles. The van der Waals surface area contributed by atoms with Gasteiger partial charge < -0.3 is 15.0 Å². The Kier molecular flexibility index (Phi) is 8.60. The van der Waals surface area contributed by atoms with Crippen molar-refractivity contribution in [2.75, 3.05) is 32.8 Å². The molecule has 2 fully saturated rings. The van der Waals surface area contributed by atoms with E-state index in [1.54, 1.807) is 11.1 Å². The lowest BCUT2D eigenvalue weighted by atomic mass is 10.0. The molecule has 34 heavy (non-hydrogen) atoms. The third kappa shape index (κ3) is 7.08. The van der Waals surface area contributed by atoms with E-state index in [1.807, 2.05) is 13.0 Å². The van der Waals surface area contributed by atoms with Gasteiger partial charge in [-0.1, -0.05) is 30.3 Å². The molecule has 3 heterocycles. The van der Waals surface area contributed by atoms with E-state index in [2.05, 4.69) is 44.5 Å². The zero-order chi connectivity index (χ0) is 23.8. The highest BCUT2D eigenvalue weighted by atomic mass is 16.5. The molecule has 2 saturated heterocycles. The van der Waals surface area contributed by atoms with Gasteiger partial charge in [0.1, 0.15) is 5.69 Å². The van der Waals surface area contributed by atoms with Crippen LogP contribution in [0.5, 0.6) is 0 Å². The molecule has 0 saturated carbocycles. The molecule has 2 amide bonds. The fourth-order valence-corrected chi connectivity index (χ4v) is 4.59. The van der Waals surface area contributed by atoms with Gasteiger partial charge in [0, 0.05) is 58.0 Å². The number of carbonyl (C=O) groups excluding carboxylic acids is 2. The van der Waals surface area contributed by atoms with Gasteiger partial charge in [0.2, 0.25) is 5.91 Å². The lowest BCUT2D eigenvalue weighted by molar-refractivity contribution is -0.122. The SMILES string of the molecule is Cc1cnc(C(=O)N(CCC(=O)NC2CCN(Cc3ccccc3)CC2)CC2CCCO2)cn1. The summed E-state index contributed by atoms with van der Waals surface area (Å²) >= 11 is 0. The maximum atomic E-state index is 13.1. The number of aromatic nitrogens is 2. The number of nitrogens with one attached hydrogen (secondary N) is 1. The van der Waals surface area contributed by atoms with Crippen molar-refractivity contribution in [3.63, 3.8) is 0 Å². The number of rotatable bonds is 9. The predicted octanol–water partition coefficient (Wildman–Crippen LogP) is 2.58. The van der Waals surface area contributed by atoms with Gasteiger partial charge in [-0.2, -0.15) is 0 Å². The van der Waals surface area contributed by atoms with Crippen molar-refractivity contribution >= 4 is 11.8 Å². The molecule has 182 valence electrons. The van der Waals surface area contributed by atoms with Crippen LogP contribution in [0.1, 0.15) is 53.8 Å². The molecule has 0 bridgehead atoms. The molecule has 1 N–H and O–H groups in total. The number of likely N-dealkylation sites (tertiary alicyclic amines) is 1. The van der Waals surface area contributed by atoms with Gasteiger partial charge in [-0.05, 0) is 38.2 Å². The van der Waals surface area contributed by atoms with Gasteiger partial charge in [-0.25, -0.2) is 4.98 Å². The maximum Gasteiger partial charge on any atom is 0.274 e. The molecule has 1 atom stereocenters. The Morgan fingerprint density at radius 2 is 1.91 bits per heavy atom. The molecule has 8 heteroatoms. The van der Waals surface area contributed by atoms with E-state index in [4.69, 9.17) is 4.74 Å². The molecule has 0 radical (unpaired) electrons. The first-order valence-electron chi connectivity index (χ1n) is 12.3. The fraction of sp³-hybridized carbons (Fsp3) is 0.538. The highest BCUT2D eigenvalue weighted by molar-refractivity contribution is 5.92. The third-order valence-electron chi connectivity index (χ3n) is 6.55. The van der Waals surface area contributed by atoms with Crippen molar-refractivity contribution in [1.29, 1.82) is 0 Å². The van der Waals surface area contributed by atoms with Crippen LogP contribution in [-0.2, 0) is 16.1 Å². The summed E-state index contributed by atoms with van der Waals surface area (Å²) in [5, 5.41) is 3.18. The second kappa shape index (κ2) is 12.0. The van der Waals surface area contributed by atoms with E-state index in [-0.39, 0.29) is 30.4 Å². The van der Waals surface area contributed by atoms with Crippen LogP contribution in [0.2, 0.25) is 0 Å². The molecule has 2 aliphatic heterocycles. The van der Waals surface area contributed by atoms with E-state index < -0.39 is 0 Å². The van der Waals surface area contributed by atoms with Crippen molar-refractivity contribution < 1.29 is 14.3 Å². The summed E-state index contributed by atoms with van der Waals surface area (Å²) in [5.41, 5.74) is 2.38. The maximum absolute atomic E-state index is 13.1. The highest BCUT2D eigenvalue weighted by Crippen LogP contribution is 2.16. The van der Waals surface area contributed by atoms with Gasteiger partial charge in [0.15, 0.2) is 0 Å². The van der Waals surface area contributed by atoms with Gasteiger partial charge in [0.25, 0.3) is 5.91 Å². The topological polar surface area (TPSA) is 87.7 Å². The summed E-state index contributed by atoms with van der Waals surface area (Å²) in [6.45, 7) is 6.25. The van der Waals surface area contributed by atoms with Crippen LogP contribution in [0, 0.1) is 6.92 Å². The Bertz CT molecular complexity index is 923. The van der Waals surface area contributed by atoms with E-state index in [0.717, 1.165) is 57.6 Å². The number of hydrogen-bond acceptors (Lipinski definition) is 6. The average molecular weight is 466 g/mol. The number of amides is 2. The summed E-state index contributed by atoms with van der Waals surface area (Å²) in [4.78, 5) is 38.3. The van der Waals surface area contributed by atoms with Crippen molar-refractivity contribution in [3.8, 4) is 0 Å². The Hall–Kier alpha value is -2.84. The number of carbonyl (C=O) groups is 2. The first-order valence-corrected chi connectivity index (χ1v) is 12.3. The zero-order valence-corrected chi connectivity index (χ0v) is 20.0. The van der Waals surface area contributed by atoms with Crippen LogP contribution in [0.4, 0.5) is 0 Å². The molecule has 4 rings (SSSR count). The van der Waals surface area contributed by atoms with E-state index in [1.165, 1.54) is 11.8 Å². The smallest absolute Gasteiger partial charge is 0.274 e. The van der Waals surface area contributed by atoms with Crippen molar-refractivity contribution in [2.24, 2.45) is 0 Å².